The maximum Gasteiger partial charge on any atom is 0.0700 e. The molecule has 0 amide bonds. The Bertz CT molecular complexity index is 1120. The highest BCUT2D eigenvalue weighted by atomic mass is 32.2. The van der Waals surface area contributed by atoms with Crippen molar-refractivity contribution >= 4 is 106 Å². The Labute approximate surface area is 217 Å². The average molecular weight is 549 g/mol. The molecule has 1 aromatic rings. The standard InChI is InChI=1S/C23H16S8/c1-15-12-16(3-6-18-13-28-22(30-18)20-24-8-9-25-20)2-4-17(15)5-7-19-14-29-23(31-19)21-26-10-11-27-21/h2-14H,1H3/b6-3+,7-5+. The molecule has 156 valence electrons. The summed E-state index contributed by atoms with van der Waals surface area (Å²) >= 11 is 14.7. The summed E-state index contributed by atoms with van der Waals surface area (Å²) in [5.41, 5.74) is 3.82. The van der Waals surface area contributed by atoms with Gasteiger partial charge >= 0.3 is 0 Å². The molecule has 4 aliphatic rings. The number of aryl methyl sites for hydroxylation is 1. The quantitative estimate of drug-likeness (QED) is 0.360. The van der Waals surface area contributed by atoms with E-state index >= 15 is 0 Å². The van der Waals surface area contributed by atoms with Crippen LogP contribution in [-0.4, -0.2) is 0 Å². The number of hydrogen-bond acceptors (Lipinski definition) is 8. The minimum atomic E-state index is 1.24. The van der Waals surface area contributed by atoms with Gasteiger partial charge in [0.15, 0.2) is 0 Å². The molecule has 4 aliphatic heterocycles. The van der Waals surface area contributed by atoms with E-state index in [-0.39, 0.29) is 0 Å². The molecule has 0 bridgehead atoms. The normalized spacial score (nSPS) is 20.9. The summed E-state index contributed by atoms with van der Waals surface area (Å²) in [6, 6.07) is 6.70. The molecule has 0 saturated heterocycles. The molecule has 0 radical (unpaired) electrons. The summed E-state index contributed by atoms with van der Waals surface area (Å²) in [5, 5.41) is 13.1. The van der Waals surface area contributed by atoms with Gasteiger partial charge in [0.2, 0.25) is 0 Å². The summed E-state index contributed by atoms with van der Waals surface area (Å²) < 4.78 is 5.59. The molecule has 0 fully saturated rings. The van der Waals surface area contributed by atoms with Crippen molar-refractivity contribution in [3.63, 3.8) is 0 Å². The fourth-order valence-corrected chi connectivity index (χ4v) is 11.5. The van der Waals surface area contributed by atoms with E-state index in [2.05, 4.69) is 81.9 Å². The lowest BCUT2D eigenvalue weighted by Crippen LogP contribution is -1.82. The van der Waals surface area contributed by atoms with E-state index in [0.29, 0.717) is 0 Å². The highest BCUT2D eigenvalue weighted by molar-refractivity contribution is 8.34. The molecule has 0 saturated carbocycles. The summed E-state index contributed by atoms with van der Waals surface area (Å²) in [6.45, 7) is 2.19. The molecule has 0 atom stereocenters. The van der Waals surface area contributed by atoms with E-state index in [1.807, 2.05) is 94.1 Å². The molecule has 5 rings (SSSR count). The van der Waals surface area contributed by atoms with Crippen LogP contribution in [0.1, 0.15) is 16.7 Å². The second-order valence-electron chi connectivity index (χ2n) is 6.43. The molecule has 1 aromatic carbocycles. The summed E-state index contributed by atoms with van der Waals surface area (Å²) in [5.74, 6) is 0. The molecular weight excluding hydrogens is 533 g/mol. The second kappa shape index (κ2) is 10.9. The Hall–Kier alpha value is -0.0600. The van der Waals surface area contributed by atoms with Crippen LogP contribution in [0.3, 0.4) is 0 Å². The molecule has 0 N–H and O–H groups in total. The maximum atomic E-state index is 2.27. The van der Waals surface area contributed by atoms with Crippen LogP contribution >= 0.6 is 94.1 Å². The van der Waals surface area contributed by atoms with Crippen molar-refractivity contribution < 1.29 is 0 Å². The van der Waals surface area contributed by atoms with Gasteiger partial charge in [-0.25, -0.2) is 0 Å². The Kier molecular flexibility index (Phi) is 8.00. The number of benzene rings is 1. The Morgan fingerprint density at radius 3 is 1.68 bits per heavy atom. The van der Waals surface area contributed by atoms with Gasteiger partial charge in [-0.3, -0.25) is 0 Å². The van der Waals surface area contributed by atoms with Crippen LogP contribution in [0.5, 0.6) is 0 Å². The van der Waals surface area contributed by atoms with Crippen molar-refractivity contribution in [2.24, 2.45) is 0 Å². The van der Waals surface area contributed by atoms with Crippen LogP contribution in [0.15, 0.2) is 89.6 Å². The van der Waals surface area contributed by atoms with Crippen molar-refractivity contribution in [2.45, 2.75) is 6.92 Å². The van der Waals surface area contributed by atoms with Crippen molar-refractivity contribution in [1.82, 2.24) is 0 Å². The largest absolute Gasteiger partial charge is 0.0884 e. The van der Waals surface area contributed by atoms with Gasteiger partial charge in [-0.15, -0.1) is 0 Å². The molecule has 0 spiro atoms. The monoisotopic (exact) mass is 548 g/mol. The first kappa shape index (κ1) is 22.7. The van der Waals surface area contributed by atoms with Gasteiger partial charge in [-0.2, -0.15) is 0 Å². The molecular formula is C23H16S8. The third kappa shape index (κ3) is 5.90. The zero-order valence-electron chi connectivity index (χ0n) is 16.3. The van der Waals surface area contributed by atoms with Crippen LogP contribution in [0, 0.1) is 6.92 Å². The lowest BCUT2D eigenvalue weighted by molar-refractivity contribution is 1.43. The van der Waals surface area contributed by atoms with Crippen LogP contribution < -0.4 is 0 Å². The summed E-state index contributed by atoms with van der Waals surface area (Å²) in [7, 11) is 0. The predicted molar refractivity (Wildman–Crippen MR) is 158 cm³/mol. The topological polar surface area (TPSA) is 0 Å². The van der Waals surface area contributed by atoms with E-state index < -0.39 is 0 Å². The van der Waals surface area contributed by atoms with Gasteiger partial charge < -0.3 is 0 Å². The van der Waals surface area contributed by atoms with Crippen molar-refractivity contribution in [3.05, 3.63) is 106 Å². The highest BCUT2D eigenvalue weighted by Gasteiger charge is 2.18. The van der Waals surface area contributed by atoms with Crippen molar-refractivity contribution in [2.75, 3.05) is 0 Å². The smallest absolute Gasteiger partial charge is 0.0700 e. The van der Waals surface area contributed by atoms with Crippen molar-refractivity contribution in [3.8, 4) is 0 Å². The fraction of sp³-hybridized carbons (Fsp3) is 0.0435. The minimum absolute atomic E-state index is 1.24. The molecule has 0 unspecified atom stereocenters. The van der Waals surface area contributed by atoms with Crippen LogP contribution in [-0.2, 0) is 0 Å². The first-order chi connectivity index (χ1) is 15.2. The van der Waals surface area contributed by atoms with Crippen LogP contribution in [0.4, 0.5) is 0 Å². The Morgan fingerprint density at radius 1 is 0.581 bits per heavy atom. The summed E-state index contributed by atoms with van der Waals surface area (Å²) in [6.07, 6.45) is 8.92. The minimum Gasteiger partial charge on any atom is -0.0884 e. The van der Waals surface area contributed by atoms with Crippen LogP contribution in [0.25, 0.3) is 12.2 Å². The van der Waals surface area contributed by atoms with E-state index in [0.717, 1.165) is 0 Å². The van der Waals surface area contributed by atoms with E-state index in [1.165, 1.54) is 43.4 Å². The van der Waals surface area contributed by atoms with Gasteiger partial charge in [0.1, 0.15) is 0 Å². The zero-order chi connectivity index (χ0) is 21.0. The van der Waals surface area contributed by atoms with Gasteiger partial charge in [0.05, 0.1) is 16.9 Å². The molecule has 0 aliphatic carbocycles. The fourth-order valence-electron chi connectivity index (χ4n) is 2.81. The van der Waals surface area contributed by atoms with Crippen molar-refractivity contribution in [1.29, 1.82) is 0 Å². The van der Waals surface area contributed by atoms with Gasteiger partial charge in [-0.1, -0.05) is 124 Å². The Morgan fingerprint density at radius 2 is 1.13 bits per heavy atom. The third-order valence-electron chi connectivity index (χ3n) is 4.29. The Balaban J connectivity index is 1.20. The highest BCUT2D eigenvalue weighted by Crippen LogP contribution is 2.54. The first-order valence-electron chi connectivity index (χ1n) is 9.26. The number of hydrogen-bond donors (Lipinski definition) is 0. The van der Waals surface area contributed by atoms with Crippen LogP contribution in [0.2, 0.25) is 0 Å². The lowest BCUT2D eigenvalue weighted by atomic mass is 10.0. The van der Waals surface area contributed by atoms with E-state index in [4.69, 9.17) is 0 Å². The third-order valence-corrected chi connectivity index (χ3v) is 14.3. The molecule has 4 heterocycles. The molecule has 8 heteroatoms. The second-order valence-corrected chi connectivity index (χ2v) is 15.1. The number of thioether (sulfide) groups is 8. The van der Waals surface area contributed by atoms with Gasteiger partial charge in [0.25, 0.3) is 0 Å². The van der Waals surface area contributed by atoms with E-state index in [1.54, 1.807) is 0 Å². The molecule has 0 aromatic heterocycles. The van der Waals surface area contributed by atoms with E-state index in [9.17, 15) is 0 Å². The molecule has 31 heavy (non-hydrogen) atoms. The SMILES string of the molecule is Cc1cc(/C=C/C2=CSC(=C3SC=CS3)S2)ccc1/C=C/C1=CSC(=C2SC=CS2)S1. The average Bonchev–Trinajstić information content (AvgIpc) is 3.57. The van der Waals surface area contributed by atoms with Gasteiger partial charge in [-0.05, 0) is 68.2 Å². The predicted octanol–water partition coefficient (Wildman–Crippen LogP) is 10.8. The zero-order valence-corrected chi connectivity index (χ0v) is 22.8. The maximum absolute atomic E-state index is 2.27. The summed E-state index contributed by atoms with van der Waals surface area (Å²) in [4.78, 5) is 2.62. The van der Waals surface area contributed by atoms with Gasteiger partial charge in [0, 0.05) is 9.81 Å². The number of rotatable bonds is 4. The first-order valence-corrected chi connectivity index (χ1v) is 16.2. The number of allylic oxidation sites excluding steroid dienone is 2. The molecule has 0 nitrogen and oxygen atoms in total. The lowest BCUT2D eigenvalue weighted by Gasteiger charge is -2.03.